The first-order valence-electron chi connectivity index (χ1n) is 5.09. The van der Waals surface area contributed by atoms with E-state index >= 15 is 0 Å². The minimum Gasteiger partial charge on any atom is -0.352 e. The SMILES string of the molecule is CC(Cn1ccnc1)NC(=O)C(C)CN.Cl.Cl. The van der Waals surface area contributed by atoms with Crippen molar-refractivity contribution >= 4 is 30.7 Å². The molecule has 0 spiro atoms. The molecule has 0 fully saturated rings. The van der Waals surface area contributed by atoms with Crippen molar-refractivity contribution in [1.29, 1.82) is 0 Å². The molecule has 0 radical (unpaired) electrons. The van der Waals surface area contributed by atoms with Crippen molar-refractivity contribution in [3.8, 4) is 0 Å². The summed E-state index contributed by atoms with van der Waals surface area (Å²) in [5, 5.41) is 2.90. The largest absolute Gasteiger partial charge is 0.352 e. The number of carbonyl (C=O) groups excluding carboxylic acids is 1. The number of hydrogen-bond acceptors (Lipinski definition) is 3. The van der Waals surface area contributed by atoms with E-state index in [9.17, 15) is 4.79 Å². The second-order valence-electron chi connectivity index (χ2n) is 3.81. The third-order valence-electron chi connectivity index (χ3n) is 2.23. The number of aromatic nitrogens is 2. The number of hydrogen-bond donors (Lipinski definition) is 2. The maximum atomic E-state index is 11.5. The van der Waals surface area contributed by atoms with E-state index in [1.165, 1.54) is 0 Å². The molecule has 1 rings (SSSR count). The highest BCUT2D eigenvalue weighted by Gasteiger charge is 2.13. The molecule has 5 nitrogen and oxygen atoms in total. The fourth-order valence-corrected chi connectivity index (χ4v) is 1.25. The fraction of sp³-hybridized carbons (Fsp3) is 0.600. The summed E-state index contributed by atoms with van der Waals surface area (Å²) in [6, 6.07) is 0.0840. The standard InChI is InChI=1S/C10H18N4O.2ClH/c1-8(5-11)10(15)13-9(2)6-14-4-3-12-7-14;;/h3-4,7-9H,5-6,11H2,1-2H3,(H,13,15);2*1H. The number of nitrogens with zero attached hydrogens (tertiary/aromatic N) is 2. The zero-order chi connectivity index (χ0) is 11.3. The van der Waals surface area contributed by atoms with E-state index in [-0.39, 0.29) is 42.7 Å². The molecule has 2 unspecified atom stereocenters. The van der Waals surface area contributed by atoms with E-state index in [1.54, 1.807) is 12.5 Å². The van der Waals surface area contributed by atoms with Crippen LogP contribution >= 0.6 is 24.8 Å². The van der Waals surface area contributed by atoms with E-state index < -0.39 is 0 Å². The molecule has 0 aromatic carbocycles. The number of nitrogens with two attached hydrogens (primary N) is 1. The van der Waals surface area contributed by atoms with Crippen LogP contribution in [-0.4, -0.2) is 28.0 Å². The van der Waals surface area contributed by atoms with Crippen molar-refractivity contribution in [2.45, 2.75) is 26.4 Å². The number of halogens is 2. The van der Waals surface area contributed by atoms with Gasteiger partial charge in [-0.15, -0.1) is 24.8 Å². The smallest absolute Gasteiger partial charge is 0.224 e. The second-order valence-corrected chi connectivity index (χ2v) is 3.81. The van der Waals surface area contributed by atoms with Gasteiger partial charge in [-0.25, -0.2) is 4.98 Å². The van der Waals surface area contributed by atoms with Crippen molar-refractivity contribution in [2.24, 2.45) is 11.7 Å². The molecule has 0 bridgehead atoms. The summed E-state index contributed by atoms with van der Waals surface area (Å²) in [6.45, 7) is 4.88. The molecule has 17 heavy (non-hydrogen) atoms. The lowest BCUT2D eigenvalue weighted by atomic mass is 10.1. The van der Waals surface area contributed by atoms with Crippen molar-refractivity contribution in [3.05, 3.63) is 18.7 Å². The lowest BCUT2D eigenvalue weighted by Crippen LogP contribution is -2.40. The van der Waals surface area contributed by atoms with Crippen LogP contribution in [0.3, 0.4) is 0 Å². The first-order valence-corrected chi connectivity index (χ1v) is 5.09. The molecule has 1 heterocycles. The van der Waals surface area contributed by atoms with Gasteiger partial charge in [0.25, 0.3) is 0 Å². The highest BCUT2D eigenvalue weighted by Crippen LogP contribution is 1.95. The maximum absolute atomic E-state index is 11.5. The Balaban J connectivity index is 0. The molecule has 0 saturated heterocycles. The number of imidazole rings is 1. The molecule has 100 valence electrons. The van der Waals surface area contributed by atoms with Gasteiger partial charge >= 0.3 is 0 Å². The van der Waals surface area contributed by atoms with E-state index in [1.807, 2.05) is 24.6 Å². The predicted molar refractivity (Wildman–Crippen MR) is 72.5 cm³/mol. The Bertz CT molecular complexity index is 305. The molecule has 0 aliphatic carbocycles. The van der Waals surface area contributed by atoms with Crippen LogP contribution in [0.1, 0.15) is 13.8 Å². The normalized spacial score (nSPS) is 12.9. The van der Waals surface area contributed by atoms with Crippen molar-refractivity contribution < 1.29 is 4.79 Å². The third-order valence-corrected chi connectivity index (χ3v) is 2.23. The van der Waals surface area contributed by atoms with Crippen LogP contribution in [0.4, 0.5) is 0 Å². The Morgan fingerprint density at radius 3 is 2.59 bits per heavy atom. The first-order chi connectivity index (χ1) is 7.13. The lowest BCUT2D eigenvalue weighted by Gasteiger charge is -2.16. The van der Waals surface area contributed by atoms with Crippen LogP contribution in [0.15, 0.2) is 18.7 Å². The van der Waals surface area contributed by atoms with Gasteiger partial charge < -0.3 is 15.6 Å². The summed E-state index contributed by atoms with van der Waals surface area (Å²) >= 11 is 0. The Morgan fingerprint density at radius 2 is 2.12 bits per heavy atom. The average Bonchev–Trinajstić information content (AvgIpc) is 2.68. The van der Waals surface area contributed by atoms with Gasteiger partial charge in [-0.1, -0.05) is 6.92 Å². The van der Waals surface area contributed by atoms with Gasteiger partial charge in [-0.3, -0.25) is 4.79 Å². The molecular weight excluding hydrogens is 263 g/mol. The van der Waals surface area contributed by atoms with Crippen molar-refractivity contribution in [1.82, 2.24) is 14.9 Å². The van der Waals surface area contributed by atoms with Crippen LogP contribution < -0.4 is 11.1 Å². The van der Waals surface area contributed by atoms with Gasteiger partial charge in [0.05, 0.1) is 6.33 Å². The lowest BCUT2D eigenvalue weighted by molar-refractivity contribution is -0.124. The van der Waals surface area contributed by atoms with E-state index in [2.05, 4.69) is 10.3 Å². The number of nitrogens with one attached hydrogen (secondary N) is 1. The highest BCUT2D eigenvalue weighted by atomic mass is 35.5. The van der Waals surface area contributed by atoms with Crippen LogP contribution in [0.5, 0.6) is 0 Å². The summed E-state index contributed by atoms with van der Waals surface area (Å²) < 4.78 is 1.93. The monoisotopic (exact) mass is 282 g/mol. The summed E-state index contributed by atoms with van der Waals surface area (Å²) in [7, 11) is 0. The molecule has 0 aliphatic rings. The zero-order valence-electron chi connectivity index (χ0n) is 10.00. The fourth-order valence-electron chi connectivity index (χ4n) is 1.25. The highest BCUT2D eigenvalue weighted by molar-refractivity contribution is 5.85. The summed E-state index contributed by atoms with van der Waals surface area (Å²) in [5.74, 6) is -0.125. The zero-order valence-corrected chi connectivity index (χ0v) is 11.6. The minimum absolute atomic E-state index is 0. The Morgan fingerprint density at radius 1 is 1.47 bits per heavy atom. The van der Waals surface area contributed by atoms with Crippen LogP contribution in [-0.2, 0) is 11.3 Å². The first kappa shape index (κ1) is 18.6. The topological polar surface area (TPSA) is 72.9 Å². The summed E-state index contributed by atoms with van der Waals surface area (Å²) in [5.41, 5.74) is 5.41. The summed E-state index contributed by atoms with van der Waals surface area (Å²) in [4.78, 5) is 15.4. The predicted octanol–water partition coefficient (Wildman–Crippen LogP) is 0.826. The molecule has 1 aromatic heterocycles. The van der Waals surface area contributed by atoms with Gasteiger partial charge in [-0.2, -0.15) is 0 Å². The number of carbonyl (C=O) groups is 1. The molecular formula is C10H20Cl2N4O. The van der Waals surface area contributed by atoms with E-state index in [0.717, 1.165) is 6.54 Å². The molecule has 7 heteroatoms. The Hall–Kier alpha value is -0.780. The van der Waals surface area contributed by atoms with Gasteiger partial charge in [0, 0.05) is 37.4 Å². The third kappa shape index (κ3) is 6.51. The minimum atomic E-state index is -0.129. The van der Waals surface area contributed by atoms with Crippen LogP contribution in [0.25, 0.3) is 0 Å². The molecule has 0 saturated carbocycles. The van der Waals surface area contributed by atoms with Crippen LogP contribution in [0, 0.1) is 5.92 Å². The van der Waals surface area contributed by atoms with Crippen molar-refractivity contribution in [3.63, 3.8) is 0 Å². The number of amides is 1. The van der Waals surface area contributed by atoms with Gasteiger partial charge in [0.1, 0.15) is 0 Å². The van der Waals surface area contributed by atoms with Gasteiger partial charge in [0.15, 0.2) is 0 Å². The van der Waals surface area contributed by atoms with E-state index in [0.29, 0.717) is 6.54 Å². The van der Waals surface area contributed by atoms with Gasteiger partial charge in [0.2, 0.25) is 5.91 Å². The van der Waals surface area contributed by atoms with Crippen molar-refractivity contribution in [2.75, 3.05) is 6.54 Å². The maximum Gasteiger partial charge on any atom is 0.224 e. The molecule has 1 aromatic rings. The number of rotatable bonds is 5. The van der Waals surface area contributed by atoms with E-state index in [4.69, 9.17) is 5.73 Å². The molecule has 3 N–H and O–H groups in total. The Labute approximate surface area is 114 Å². The Kier molecular flexibility index (Phi) is 10.1. The average molecular weight is 283 g/mol. The molecule has 0 aliphatic heterocycles. The molecule has 2 atom stereocenters. The second kappa shape index (κ2) is 9.27. The van der Waals surface area contributed by atoms with Gasteiger partial charge in [-0.05, 0) is 6.92 Å². The summed E-state index contributed by atoms with van der Waals surface area (Å²) in [6.07, 6.45) is 5.32. The molecule has 1 amide bonds. The van der Waals surface area contributed by atoms with Crippen LogP contribution in [0.2, 0.25) is 0 Å². The quantitative estimate of drug-likeness (QED) is 0.840.